The standard InChI is InChI=1S/C20H27ClN2O3/c1-15-14-26-12-11-23(15)13-19(25)22(2)20(10-6-5-9-18(20)24)16-7-3-4-8-17(16)21/h3-4,7-8,15H,5-6,9-14H2,1-2H3/t15-,20-/m1/s1. The van der Waals surface area contributed by atoms with Gasteiger partial charge in [-0.3, -0.25) is 14.5 Å². The molecule has 2 atom stereocenters. The molecule has 2 fully saturated rings. The van der Waals surface area contributed by atoms with E-state index in [2.05, 4.69) is 11.8 Å². The average molecular weight is 379 g/mol. The maximum atomic E-state index is 13.1. The molecule has 0 N–H and O–H groups in total. The molecular weight excluding hydrogens is 352 g/mol. The van der Waals surface area contributed by atoms with E-state index >= 15 is 0 Å². The van der Waals surface area contributed by atoms with E-state index in [9.17, 15) is 9.59 Å². The van der Waals surface area contributed by atoms with Gasteiger partial charge in [-0.15, -0.1) is 0 Å². The molecule has 142 valence electrons. The molecule has 1 heterocycles. The summed E-state index contributed by atoms with van der Waals surface area (Å²) in [5, 5.41) is 0.544. The van der Waals surface area contributed by atoms with Crippen molar-refractivity contribution in [1.82, 2.24) is 9.80 Å². The molecular formula is C20H27ClN2O3. The fourth-order valence-corrected chi connectivity index (χ4v) is 4.41. The summed E-state index contributed by atoms with van der Waals surface area (Å²) in [5.74, 6) is 0.0386. The molecule has 1 aromatic carbocycles. The molecule has 0 radical (unpaired) electrons. The lowest BCUT2D eigenvalue weighted by atomic mass is 9.74. The number of amides is 1. The summed E-state index contributed by atoms with van der Waals surface area (Å²) in [5.41, 5.74) is -0.208. The summed E-state index contributed by atoms with van der Waals surface area (Å²) in [6, 6.07) is 7.60. The molecule has 1 aromatic rings. The zero-order chi connectivity index (χ0) is 18.7. The Morgan fingerprint density at radius 1 is 1.38 bits per heavy atom. The van der Waals surface area contributed by atoms with E-state index in [0.717, 1.165) is 24.9 Å². The molecule has 0 spiro atoms. The number of Topliss-reactive ketones (excluding diaryl/α,β-unsaturated/α-hetero) is 1. The Labute approximate surface area is 160 Å². The topological polar surface area (TPSA) is 49.9 Å². The smallest absolute Gasteiger partial charge is 0.237 e. The number of hydrogen-bond acceptors (Lipinski definition) is 4. The second-order valence-electron chi connectivity index (χ2n) is 7.32. The zero-order valence-electron chi connectivity index (χ0n) is 15.5. The lowest BCUT2D eigenvalue weighted by Crippen LogP contribution is -2.57. The normalized spacial score (nSPS) is 27.3. The molecule has 2 aliphatic rings. The van der Waals surface area contributed by atoms with Gasteiger partial charge in [0.25, 0.3) is 0 Å². The second-order valence-corrected chi connectivity index (χ2v) is 7.72. The first-order valence-corrected chi connectivity index (χ1v) is 9.71. The maximum absolute atomic E-state index is 13.1. The number of morpholine rings is 1. The third-order valence-electron chi connectivity index (χ3n) is 5.76. The van der Waals surface area contributed by atoms with Crippen molar-refractivity contribution in [1.29, 1.82) is 0 Å². The molecule has 1 saturated carbocycles. The highest BCUT2D eigenvalue weighted by Crippen LogP contribution is 2.42. The van der Waals surface area contributed by atoms with Gasteiger partial charge in [-0.25, -0.2) is 0 Å². The van der Waals surface area contributed by atoms with Crippen LogP contribution in [0.25, 0.3) is 0 Å². The van der Waals surface area contributed by atoms with E-state index in [1.165, 1.54) is 0 Å². The summed E-state index contributed by atoms with van der Waals surface area (Å²) in [4.78, 5) is 30.0. The molecule has 0 bridgehead atoms. The van der Waals surface area contributed by atoms with E-state index in [4.69, 9.17) is 16.3 Å². The van der Waals surface area contributed by atoms with Gasteiger partial charge >= 0.3 is 0 Å². The van der Waals surface area contributed by atoms with Crippen LogP contribution in [0.2, 0.25) is 5.02 Å². The van der Waals surface area contributed by atoms with Crippen LogP contribution in [0, 0.1) is 0 Å². The first kappa shape index (κ1) is 19.3. The Bertz CT molecular complexity index is 681. The van der Waals surface area contributed by atoms with Crippen molar-refractivity contribution < 1.29 is 14.3 Å². The number of nitrogens with zero attached hydrogens (tertiary/aromatic N) is 2. The van der Waals surface area contributed by atoms with Gasteiger partial charge in [0.2, 0.25) is 5.91 Å². The van der Waals surface area contributed by atoms with E-state index < -0.39 is 5.54 Å². The van der Waals surface area contributed by atoms with Crippen molar-refractivity contribution >= 4 is 23.3 Å². The number of carbonyl (C=O) groups is 2. The molecule has 0 unspecified atom stereocenters. The molecule has 1 aliphatic carbocycles. The highest BCUT2D eigenvalue weighted by atomic mass is 35.5. The van der Waals surface area contributed by atoms with Crippen molar-refractivity contribution in [3.8, 4) is 0 Å². The number of ketones is 1. The molecule has 3 rings (SSSR count). The quantitative estimate of drug-likeness (QED) is 0.808. The van der Waals surface area contributed by atoms with Crippen LogP contribution in [0.5, 0.6) is 0 Å². The number of carbonyl (C=O) groups excluding carboxylic acids is 2. The van der Waals surface area contributed by atoms with E-state index in [0.29, 0.717) is 37.6 Å². The van der Waals surface area contributed by atoms with Crippen molar-refractivity contribution in [2.45, 2.75) is 44.2 Å². The molecule has 6 heteroatoms. The first-order chi connectivity index (χ1) is 12.5. The Hall–Kier alpha value is -1.43. The molecule has 1 saturated heterocycles. The van der Waals surface area contributed by atoms with E-state index in [1.54, 1.807) is 18.0 Å². The van der Waals surface area contributed by atoms with Gasteiger partial charge in [-0.1, -0.05) is 29.8 Å². The summed E-state index contributed by atoms with van der Waals surface area (Å²) in [7, 11) is 1.75. The van der Waals surface area contributed by atoms with Gasteiger partial charge < -0.3 is 9.64 Å². The number of likely N-dealkylation sites (N-methyl/N-ethyl adjacent to an activating group) is 1. The largest absolute Gasteiger partial charge is 0.379 e. The second kappa shape index (κ2) is 8.07. The van der Waals surface area contributed by atoms with Crippen molar-refractivity contribution in [2.24, 2.45) is 0 Å². The summed E-state index contributed by atoms with van der Waals surface area (Å²) >= 11 is 6.46. The number of benzene rings is 1. The fourth-order valence-electron chi connectivity index (χ4n) is 4.12. The van der Waals surface area contributed by atoms with Crippen LogP contribution in [-0.2, 0) is 19.9 Å². The fraction of sp³-hybridized carbons (Fsp3) is 0.600. The predicted octanol–water partition coefficient (Wildman–Crippen LogP) is 2.86. The average Bonchev–Trinajstić information content (AvgIpc) is 2.64. The van der Waals surface area contributed by atoms with Crippen molar-refractivity contribution in [3.05, 3.63) is 34.9 Å². The van der Waals surface area contributed by atoms with Crippen LogP contribution < -0.4 is 0 Å². The highest BCUT2D eigenvalue weighted by Gasteiger charge is 2.48. The molecule has 5 nitrogen and oxygen atoms in total. The van der Waals surface area contributed by atoms with Gasteiger partial charge in [-0.2, -0.15) is 0 Å². The minimum Gasteiger partial charge on any atom is -0.379 e. The van der Waals surface area contributed by atoms with Gasteiger partial charge in [0, 0.05) is 36.6 Å². The minimum atomic E-state index is -0.955. The Morgan fingerprint density at radius 2 is 2.15 bits per heavy atom. The van der Waals surface area contributed by atoms with Gasteiger partial charge in [0.15, 0.2) is 5.78 Å². The molecule has 0 aromatic heterocycles. The third kappa shape index (κ3) is 3.53. The SMILES string of the molecule is C[C@@H]1COCCN1CC(=O)N(C)[C@@]1(c2ccccc2Cl)CCCCC1=O. The summed E-state index contributed by atoms with van der Waals surface area (Å²) < 4.78 is 5.45. The van der Waals surface area contributed by atoms with E-state index in [-0.39, 0.29) is 17.7 Å². The van der Waals surface area contributed by atoms with Gasteiger partial charge in [-0.05, 0) is 32.3 Å². The van der Waals surface area contributed by atoms with Crippen molar-refractivity contribution in [3.63, 3.8) is 0 Å². The lowest BCUT2D eigenvalue weighted by Gasteiger charge is -2.45. The summed E-state index contributed by atoms with van der Waals surface area (Å²) in [6.07, 6.45) is 2.88. The van der Waals surface area contributed by atoms with Gasteiger partial charge in [0.05, 0.1) is 19.8 Å². The monoisotopic (exact) mass is 378 g/mol. The zero-order valence-corrected chi connectivity index (χ0v) is 16.3. The molecule has 1 amide bonds. The Kier molecular flexibility index (Phi) is 6.00. The van der Waals surface area contributed by atoms with Crippen molar-refractivity contribution in [2.75, 3.05) is 33.4 Å². The van der Waals surface area contributed by atoms with Crippen LogP contribution >= 0.6 is 11.6 Å². The van der Waals surface area contributed by atoms with Gasteiger partial charge in [0.1, 0.15) is 5.54 Å². The van der Waals surface area contributed by atoms with Crippen LogP contribution in [-0.4, -0.2) is 60.9 Å². The van der Waals surface area contributed by atoms with Crippen LogP contribution in [0.3, 0.4) is 0 Å². The Balaban J connectivity index is 1.90. The molecule has 1 aliphatic heterocycles. The van der Waals surface area contributed by atoms with Crippen LogP contribution in [0.4, 0.5) is 0 Å². The minimum absolute atomic E-state index is 0.0473. The number of ether oxygens (including phenoxy) is 1. The maximum Gasteiger partial charge on any atom is 0.237 e. The first-order valence-electron chi connectivity index (χ1n) is 9.33. The Morgan fingerprint density at radius 3 is 2.85 bits per heavy atom. The van der Waals surface area contributed by atoms with Crippen LogP contribution in [0.1, 0.15) is 38.2 Å². The molecule has 26 heavy (non-hydrogen) atoms. The van der Waals surface area contributed by atoms with Crippen LogP contribution in [0.15, 0.2) is 24.3 Å². The van der Waals surface area contributed by atoms with E-state index in [1.807, 2.05) is 18.2 Å². The third-order valence-corrected chi connectivity index (χ3v) is 6.09. The highest BCUT2D eigenvalue weighted by molar-refractivity contribution is 6.31. The predicted molar refractivity (Wildman–Crippen MR) is 101 cm³/mol. The number of hydrogen-bond donors (Lipinski definition) is 0. The lowest BCUT2D eigenvalue weighted by molar-refractivity contribution is -0.150. The number of halogens is 1. The number of rotatable bonds is 4. The summed E-state index contributed by atoms with van der Waals surface area (Å²) in [6.45, 7) is 4.35.